The van der Waals surface area contributed by atoms with Gasteiger partial charge in [-0.1, -0.05) is 0 Å². The number of aliphatic hydroxyl groups excluding tert-OH is 1. The summed E-state index contributed by atoms with van der Waals surface area (Å²) in [7, 11) is -1.59. The molecule has 3 nitrogen and oxygen atoms in total. The predicted octanol–water partition coefficient (Wildman–Crippen LogP) is 1.81. The minimum atomic E-state index is -1.59. The predicted molar refractivity (Wildman–Crippen MR) is 50.6 cm³/mol. The van der Waals surface area contributed by atoms with Crippen LogP contribution in [0.4, 0.5) is 0 Å². The number of aliphatic hydroxyl groups is 1. The van der Waals surface area contributed by atoms with Crippen molar-refractivity contribution in [3.63, 3.8) is 0 Å². The zero-order valence-electron chi connectivity index (χ0n) is 7.66. The number of allylic oxidation sites excluding steroid dienone is 2. The Morgan fingerprint density at radius 1 is 1.42 bits per heavy atom. The summed E-state index contributed by atoms with van der Waals surface area (Å²) in [6, 6.07) is 0. The lowest BCUT2D eigenvalue weighted by Crippen LogP contribution is -2.27. The molecule has 0 spiro atoms. The molecule has 0 bridgehead atoms. The van der Waals surface area contributed by atoms with Crippen molar-refractivity contribution in [3.8, 4) is 0 Å². The van der Waals surface area contributed by atoms with Gasteiger partial charge in [-0.15, -0.1) is 4.58 Å². The Morgan fingerprint density at radius 2 is 2.00 bits per heavy atom. The molecule has 0 amide bonds. The molecule has 0 atom stereocenters. The number of rotatable bonds is 2. The molecule has 66 valence electrons. The van der Waals surface area contributed by atoms with E-state index in [-0.39, 0.29) is 5.88 Å². The molecular weight excluding hydrogens is 170 g/mol. The lowest BCUT2D eigenvalue weighted by atomic mass is 10.6. The molecule has 1 heterocycles. The van der Waals surface area contributed by atoms with E-state index in [4.69, 9.17) is 4.43 Å². The van der Waals surface area contributed by atoms with Crippen molar-refractivity contribution in [3.05, 3.63) is 23.9 Å². The maximum absolute atomic E-state index is 9.17. The van der Waals surface area contributed by atoms with E-state index in [2.05, 4.69) is 26.4 Å². The second-order valence-corrected chi connectivity index (χ2v) is 8.10. The Hall–Kier alpha value is -1.03. The summed E-state index contributed by atoms with van der Waals surface area (Å²) < 4.78 is 7.02. The van der Waals surface area contributed by atoms with E-state index in [1.54, 1.807) is 12.2 Å². The van der Waals surface area contributed by atoms with Gasteiger partial charge >= 0.3 is 11.8 Å². The van der Waals surface area contributed by atoms with Crippen LogP contribution in [-0.4, -0.2) is 24.7 Å². The van der Waals surface area contributed by atoms with E-state index in [9.17, 15) is 5.11 Å². The van der Waals surface area contributed by atoms with Gasteiger partial charge in [-0.3, -0.25) is 0 Å². The van der Waals surface area contributed by atoms with Gasteiger partial charge in [-0.25, -0.2) is 0 Å². The topological polar surface area (TPSA) is 32.5 Å². The van der Waals surface area contributed by atoms with Crippen molar-refractivity contribution in [1.82, 2.24) is 0 Å². The van der Waals surface area contributed by atoms with Gasteiger partial charge in [-0.2, -0.15) is 0 Å². The molecule has 0 saturated carbocycles. The molecule has 0 aromatic rings. The first kappa shape index (κ1) is 9.06. The van der Waals surface area contributed by atoms with Gasteiger partial charge in [0.15, 0.2) is 0 Å². The maximum Gasteiger partial charge on any atom is 0.373 e. The lowest BCUT2D eigenvalue weighted by molar-refractivity contribution is -0.469. The van der Waals surface area contributed by atoms with Crippen LogP contribution in [-0.2, 0) is 4.43 Å². The van der Waals surface area contributed by atoms with Gasteiger partial charge in [0.1, 0.15) is 6.72 Å². The quantitative estimate of drug-likeness (QED) is 0.524. The van der Waals surface area contributed by atoms with Crippen LogP contribution in [0, 0.1) is 0 Å². The van der Waals surface area contributed by atoms with Gasteiger partial charge in [-0.05, 0) is 19.6 Å². The van der Waals surface area contributed by atoms with Crippen LogP contribution in [0.25, 0.3) is 0 Å². The molecule has 0 aromatic carbocycles. The molecule has 1 rings (SSSR count). The largest absolute Gasteiger partial charge is 0.499 e. The van der Waals surface area contributed by atoms with Crippen LogP contribution in [0.15, 0.2) is 23.9 Å². The summed E-state index contributed by atoms with van der Waals surface area (Å²) in [6.45, 7) is 9.87. The Labute approximate surface area is 73.4 Å². The Morgan fingerprint density at radius 3 is 2.33 bits per heavy atom. The average molecular weight is 184 g/mol. The summed E-state index contributed by atoms with van der Waals surface area (Å²) in [5, 5.41) is 9.17. The minimum absolute atomic E-state index is 0.128. The van der Waals surface area contributed by atoms with Gasteiger partial charge in [0.2, 0.25) is 8.32 Å². The highest BCUT2D eigenvalue weighted by atomic mass is 28.4. The first-order valence-corrected chi connectivity index (χ1v) is 7.21. The molecule has 0 aromatic heterocycles. The molecule has 1 N–H and O–H groups in total. The average Bonchev–Trinajstić information content (AvgIpc) is 2.16. The van der Waals surface area contributed by atoms with Crippen molar-refractivity contribution < 1.29 is 14.1 Å². The van der Waals surface area contributed by atoms with Crippen LogP contribution >= 0.6 is 0 Å². The molecule has 0 radical (unpaired) electrons. The molecular formula is C8H14NO2Si+. The van der Waals surface area contributed by atoms with Crippen LogP contribution < -0.4 is 0 Å². The number of hydrogen-bond acceptors (Lipinski definition) is 2. The third kappa shape index (κ3) is 1.98. The maximum atomic E-state index is 9.17. The zero-order valence-corrected chi connectivity index (χ0v) is 8.66. The molecule has 1 aliphatic rings. The second-order valence-electron chi connectivity index (χ2n) is 3.67. The minimum Gasteiger partial charge on any atom is -0.499 e. The van der Waals surface area contributed by atoms with E-state index in [0.29, 0.717) is 5.88 Å². The summed E-state index contributed by atoms with van der Waals surface area (Å²) in [6.07, 6.45) is 3.29. The van der Waals surface area contributed by atoms with Gasteiger partial charge in [0.25, 0.3) is 0 Å². The summed E-state index contributed by atoms with van der Waals surface area (Å²) in [5.74, 6) is 0.759. The Kier molecular flexibility index (Phi) is 2.10. The fourth-order valence-electron chi connectivity index (χ4n) is 0.841. The van der Waals surface area contributed by atoms with Crippen molar-refractivity contribution in [2.75, 3.05) is 0 Å². The molecule has 4 heteroatoms. The fourth-order valence-corrected chi connectivity index (χ4v) is 1.65. The van der Waals surface area contributed by atoms with Crippen molar-refractivity contribution >= 4 is 15.0 Å². The van der Waals surface area contributed by atoms with Crippen molar-refractivity contribution in [2.24, 2.45) is 0 Å². The summed E-state index contributed by atoms with van der Waals surface area (Å²) in [5.41, 5.74) is 0. The number of hydrogen-bond donors (Lipinski definition) is 1. The van der Waals surface area contributed by atoms with Crippen LogP contribution in [0.5, 0.6) is 0 Å². The second kappa shape index (κ2) is 2.78. The van der Waals surface area contributed by atoms with Crippen LogP contribution in [0.1, 0.15) is 0 Å². The normalized spacial score (nSPS) is 17.4. The van der Waals surface area contributed by atoms with E-state index >= 15 is 0 Å². The van der Waals surface area contributed by atoms with Gasteiger partial charge < -0.3 is 9.53 Å². The molecule has 0 unspecified atom stereocenters. The smallest absolute Gasteiger partial charge is 0.373 e. The zero-order chi connectivity index (χ0) is 9.35. The first-order chi connectivity index (χ1) is 5.40. The highest BCUT2D eigenvalue weighted by molar-refractivity contribution is 6.69. The fraction of sp³-hybridized carbons (Fsp3) is 0.375. The monoisotopic (exact) mass is 184 g/mol. The lowest BCUT2D eigenvalue weighted by Gasteiger charge is -2.16. The Balaban J connectivity index is 2.66. The molecule has 0 saturated heterocycles. The first-order valence-electron chi connectivity index (χ1n) is 3.81. The van der Waals surface area contributed by atoms with E-state index in [1.165, 1.54) is 4.58 Å². The van der Waals surface area contributed by atoms with Crippen molar-refractivity contribution in [1.29, 1.82) is 0 Å². The molecule has 12 heavy (non-hydrogen) atoms. The Bertz CT molecular complexity index is 273. The third-order valence-electron chi connectivity index (χ3n) is 1.33. The third-order valence-corrected chi connectivity index (χ3v) is 2.15. The molecule has 1 aliphatic heterocycles. The summed E-state index contributed by atoms with van der Waals surface area (Å²) >= 11 is 0. The van der Waals surface area contributed by atoms with E-state index in [1.807, 2.05) is 0 Å². The summed E-state index contributed by atoms with van der Waals surface area (Å²) in [4.78, 5) is 0. The van der Waals surface area contributed by atoms with Crippen LogP contribution in [0.2, 0.25) is 19.6 Å². The SMILES string of the molecule is C=[N+]1C(O)=CC=C1O[Si](C)(C)C. The number of nitrogens with zero attached hydrogens (tertiary/aromatic N) is 1. The van der Waals surface area contributed by atoms with E-state index < -0.39 is 8.32 Å². The van der Waals surface area contributed by atoms with Crippen molar-refractivity contribution in [2.45, 2.75) is 19.6 Å². The van der Waals surface area contributed by atoms with E-state index in [0.717, 1.165) is 0 Å². The standard InChI is InChI=1S/C8H13NO2Si/c1-9-7(10)5-6-8(9)11-12(2,3)4/h5-6H,1H2,2-4H3/p+1. The van der Waals surface area contributed by atoms with Gasteiger partial charge in [0, 0.05) is 0 Å². The van der Waals surface area contributed by atoms with Crippen LogP contribution in [0.3, 0.4) is 0 Å². The highest BCUT2D eigenvalue weighted by Crippen LogP contribution is 2.17. The van der Waals surface area contributed by atoms with Gasteiger partial charge in [0.05, 0.1) is 12.2 Å². The molecule has 0 fully saturated rings. The highest BCUT2D eigenvalue weighted by Gasteiger charge is 2.28. The molecule has 0 aliphatic carbocycles.